The Balaban J connectivity index is 2.91. The van der Waals surface area contributed by atoms with Crippen molar-refractivity contribution in [2.24, 2.45) is 0 Å². The molecule has 0 spiro atoms. The average molecular weight is 236 g/mol. The van der Waals surface area contributed by atoms with Crippen LogP contribution >= 0.6 is 11.6 Å². The van der Waals surface area contributed by atoms with Gasteiger partial charge in [0.25, 0.3) is 0 Å². The zero-order valence-electron chi connectivity index (χ0n) is 9.67. The Morgan fingerprint density at radius 3 is 2.88 bits per heavy atom. The van der Waals surface area contributed by atoms with Crippen LogP contribution in [0.1, 0.15) is 24.9 Å². The molecule has 1 rings (SSSR count). The van der Waals surface area contributed by atoms with Gasteiger partial charge in [0.05, 0.1) is 6.04 Å². The molecule has 1 atom stereocenters. The fourth-order valence-electron chi connectivity index (χ4n) is 1.56. The first-order chi connectivity index (χ1) is 7.69. The van der Waals surface area contributed by atoms with E-state index in [-0.39, 0.29) is 6.04 Å². The number of rotatable bonds is 6. The van der Waals surface area contributed by atoms with Crippen molar-refractivity contribution < 1.29 is 0 Å². The van der Waals surface area contributed by atoms with Gasteiger partial charge in [-0.05, 0) is 36.2 Å². The summed E-state index contributed by atoms with van der Waals surface area (Å²) >= 11 is 5.99. The third-order valence-electron chi connectivity index (χ3n) is 2.41. The Morgan fingerprint density at radius 1 is 1.56 bits per heavy atom. The monoisotopic (exact) mass is 235 g/mol. The maximum absolute atomic E-state index is 5.99. The highest BCUT2D eigenvalue weighted by Gasteiger charge is 2.12. The zero-order valence-corrected chi connectivity index (χ0v) is 10.4. The number of halogens is 1. The van der Waals surface area contributed by atoms with Crippen LogP contribution < -0.4 is 5.32 Å². The molecule has 0 aliphatic rings. The largest absolute Gasteiger partial charge is 0.306 e. The van der Waals surface area contributed by atoms with Crippen LogP contribution in [-0.4, -0.2) is 6.54 Å². The molecular formula is C14H18ClN. The van der Waals surface area contributed by atoms with Crippen LogP contribution in [0.5, 0.6) is 0 Å². The minimum atomic E-state index is 0.108. The summed E-state index contributed by atoms with van der Waals surface area (Å²) in [7, 11) is 0. The fourth-order valence-corrected chi connectivity index (χ4v) is 1.75. The number of hydrogen-bond acceptors (Lipinski definition) is 1. The lowest BCUT2D eigenvalue weighted by Gasteiger charge is -2.19. The Hall–Kier alpha value is -1.05. The first-order valence-electron chi connectivity index (χ1n) is 5.49. The summed E-state index contributed by atoms with van der Waals surface area (Å²) in [5.41, 5.74) is 2.10. The maximum Gasteiger partial charge on any atom is 0.0571 e. The molecule has 1 N–H and O–H groups in total. The Kier molecular flexibility index (Phi) is 5.30. The molecular weight excluding hydrogens is 218 g/mol. The molecule has 0 saturated heterocycles. The molecule has 0 aromatic heterocycles. The quantitative estimate of drug-likeness (QED) is 0.732. The maximum atomic E-state index is 5.99. The molecule has 1 aromatic rings. The molecule has 0 amide bonds. The lowest BCUT2D eigenvalue weighted by atomic mass is 10.00. The second kappa shape index (κ2) is 6.51. The van der Waals surface area contributed by atoms with Crippen molar-refractivity contribution in [2.45, 2.75) is 19.4 Å². The molecule has 1 unspecified atom stereocenters. The van der Waals surface area contributed by atoms with Crippen molar-refractivity contribution in [1.82, 2.24) is 5.32 Å². The van der Waals surface area contributed by atoms with Crippen LogP contribution in [-0.2, 0) is 0 Å². The van der Waals surface area contributed by atoms with Gasteiger partial charge >= 0.3 is 0 Å². The minimum absolute atomic E-state index is 0.108. The van der Waals surface area contributed by atoms with Crippen LogP contribution in [0.2, 0.25) is 5.02 Å². The van der Waals surface area contributed by atoms with Gasteiger partial charge in [-0.15, -0.1) is 0 Å². The first-order valence-corrected chi connectivity index (χ1v) is 5.87. The van der Waals surface area contributed by atoms with Crippen LogP contribution in [0.3, 0.4) is 0 Å². The standard InChI is InChI=1S/C14H18ClN/c1-4-9-16-14(11(3)5-2)12-7-6-8-13(15)10-12/h5-8,10,14,16H,2-4,9H2,1H3. The van der Waals surface area contributed by atoms with E-state index in [1.54, 1.807) is 6.08 Å². The molecule has 1 nitrogen and oxygen atoms in total. The van der Waals surface area contributed by atoms with Crippen molar-refractivity contribution in [2.75, 3.05) is 6.54 Å². The van der Waals surface area contributed by atoms with E-state index in [0.29, 0.717) is 0 Å². The van der Waals surface area contributed by atoms with Crippen molar-refractivity contribution >= 4 is 11.6 Å². The first kappa shape index (κ1) is 13.0. The predicted octanol–water partition coefficient (Wildman–Crippen LogP) is 4.12. The van der Waals surface area contributed by atoms with Crippen LogP contribution in [0, 0.1) is 0 Å². The van der Waals surface area contributed by atoms with Gasteiger partial charge in [-0.25, -0.2) is 0 Å². The van der Waals surface area contributed by atoms with Crippen molar-refractivity contribution in [1.29, 1.82) is 0 Å². The molecule has 2 heteroatoms. The molecule has 0 aliphatic heterocycles. The minimum Gasteiger partial charge on any atom is -0.306 e. The summed E-state index contributed by atoms with van der Waals surface area (Å²) < 4.78 is 0. The highest BCUT2D eigenvalue weighted by atomic mass is 35.5. The molecule has 0 heterocycles. The summed E-state index contributed by atoms with van der Waals surface area (Å²) in [4.78, 5) is 0. The van der Waals surface area contributed by atoms with E-state index in [1.807, 2.05) is 24.3 Å². The molecule has 0 fully saturated rings. The summed E-state index contributed by atoms with van der Waals surface area (Å²) in [5.74, 6) is 0. The van der Waals surface area contributed by atoms with Gasteiger partial charge in [0.2, 0.25) is 0 Å². The van der Waals surface area contributed by atoms with E-state index in [0.717, 1.165) is 29.1 Å². The van der Waals surface area contributed by atoms with E-state index >= 15 is 0 Å². The molecule has 0 saturated carbocycles. The molecule has 1 aromatic carbocycles. The van der Waals surface area contributed by atoms with E-state index < -0.39 is 0 Å². The van der Waals surface area contributed by atoms with Gasteiger partial charge in [0.15, 0.2) is 0 Å². The SMILES string of the molecule is C=CC(=C)C(NCCC)c1cccc(Cl)c1. The summed E-state index contributed by atoms with van der Waals surface area (Å²) in [5, 5.41) is 4.18. The van der Waals surface area contributed by atoms with Crippen molar-refractivity contribution in [3.05, 3.63) is 59.7 Å². The van der Waals surface area contributed by atoms with Crippen LogP contribution in [0.15, 0.2) is 49.1 Å². The predicted molar refractivity (Wildman–Crippen MR) is 71.8 cm³/mol. The smallest absolute Gasteiger partial charge is 0.0571 e. The van der Waals surface area contributed by atoms with E-state index in [2.05, 4.69) is 25.4 Å². The molecule has 0 bridgehead atoms. The molecule has 86 valence electrons. The van der Waals surface area contributed by atoms with Gasteiger partial charge in [-0.1, -0.05) is 49.9 Å². The van der Waals surface area contributed by atoms with Gasteiger partial charge in [0, 0.05) is 5.02 Å². The third kappa shape index (κ3) is 3.51. The highest BCUT2D eigenvalue weighted by molar-refractivity contribution is 6.30. The Bertz CT molecular complexity index is 371. The van der Waals surface area contributed by atoms with Crippen LogP contribution in [0.4, 0.5) is 0 Å². The van der Waals surface area contributed by atoms with Crippen molar-refractivity contribution in [3.8, 4) is 0 Å². The third-order valence-corrected chi connectivity index (χ3v) is 2.65. The van der Waals surface area contributed by atoms with Gasteiger partial charge in [-0.3, -0.25) is 0 Å². The summed E-state index contributed by atoms with van der Waals surface area (Å²) in [6.45, 7) is 10.9. The van der Waals surface area contributed by atoms with E-state index in [1.165, 1.54) is 0 Å². The Morgan fingerprint density at radius 2 is 2.31 bits per heavy atom. The molecule has 16 heavy (non-hydrogen) atoms. The van der Waals surface area contributed by atoms with Gasteiger partial charge in [0.1, 0.15) is 0 Å². The van der Waals surface area contributed by atoms with E-state index in [4.69, 9.17) is 11.6 Å². The second-order valence-corrected chi connectivity index (χ2v) is 4.16. The molecule has 0 aliphatic carbocycles. The lowest BCUT2D eigenvalue weighted by molar-refractivity contribution is 0.599. The average Bonchev–Trinajstić information content (AvgIpc) is 2.29. The number of nitrogens with one attached hydrogen (secondary N) is 1. The van der Waals surface area contributed by atoms with Gasteiger partial charge in [-0.2, -0.15) is 0 Å². The fraction of sp³-hybridized carbons (Fsp3) is 0.286. The van der Waals surface area contributed by atoms with E-state index in [9.17, 15) is 0 Å². The van der Waals surface area contributed by atoms with Crippen molar-refractivity contribution in [3.63, 3.8) is 0 Å². The Labute approximate surface area is 103 Å². The zero-order chi connectivity index (χ0) is 12.0. The number of hydrogen-bond donors (Lipinski definition) is 1. The highest BCUT2D eigenvalue weighted by Crippen LogP contribution is 2.23. The topological polar surface area (TPSA) is 12.0 Å². The summed E-state index contributed by atoms with van der Waals surface area (Å²) in [6.07, 6.45) is 2.87. The molecule has 0 radical (unpaired) electrons. The van der Waals surface area contributed by atoms with Crippen LogP contribution in [0.25, 0.3) is 0 Å². The second-order valence-electron chi connectivity index (χ2n) is 3.72. The summed E-state index contributed by atoms with van der Waals surface area (Å²) in [6, 6.07) is 7.95. The number of benzene rings is 1. The normalized spacial score (nSPS) is 12.1. The lowest BCUT2D eigenvalue weighted by Crippen LogP contribution is -2.23. The van der Waals surface area contributed by atoms with Gasteiger partial charge < -0.3 is 5.32 Å².